The van der Waals surface area contributed by atoms with Gasteiger partial charge in [-0.1, -0.05) is 18.9 Å². The van der Waals surface area contributed by atoms with Gasteiger partial charge in [-0.2, -0.15) is 0 Å². The number of benzene rings is 1. The number of phenols is 1. The van der Waals surface area contributed by atoms with Crippen LogP contribution in [0.3, 0.4) is 0 Å². The van der Waals surface area contributed by atoms with E-state index in [0.717, 1.165) is 42.4 Å². The van der Waals surface area contributed by atoms with Crippen LogP contribution in [-0.2, 0) is 25.5 Å². The van der Waals surface area contributed by atoms with Crippen LogP contribution in [0, 0.1) is 17.8 Å². The standard InChI is InChI=1S/C32H48N2O8/c1-20(37)41-27(8-7-24-15-31(40-3)29(39)18-28(24)25-9-11-34-32(33)16-25)17-30(42-21(2)38)26-13-22(10-12-35)5-4-6-23(14-26)19-36/h9,15-16,18,22-23,26-27,30,34-36,39H,4-8,10-14,17,19,33H2,1-3H3. The number of hydrogen-bond donors (Lipinski definition) is 5. The zero-order chi connectivity index (χ0) is 30.6. The zero-order valence-corrected chi connectivity index (χ0v) is 25.1. The number of aromatic hydroxyl groups is 1. The van der Waals surface area contributed by atoms with Crippen LogP contribution >= 0.6 is 0 Å². The SMILES string of the molecule is COc1cc(CCC(CC(OC(C)=O)C2CC(CO)CCCC(CCO)C2)OC(C)=O)c(C2=CCNC(N)=C2)cc1O. The number of phenolic OH excluding ortho intramolecular Hbond substituents is 1. The van der Waals surface area contributed by atoms with Gasteiger partial charge in [0.25, 0.3) is 0 Å². The summed E-state index contributed by atoms with van der Waals surface area (Å²) in [6, 6.07) is 3.44. The molecule has 10 heteroatoms. The number of rotatable bonds is 13. The van der Waals surface area contributed by atoms with Crippen molar-refractivity contribution in [3.8, 4) is 11.5 Å². The van der Waals surface area contributed by atoms with Gasteiger partial charge in [0, 0.05) is 40.0 Å². The van der Waals surface area contributed by atoms with E-state index < -0.39 is 24.1 Å². The highest BCUT2D eigenvalue weighted by Crippen LogP contribution is 2.38. The van der Waals surface area contributed by atoms with Crippen LogP contribution < -0.4 is 15.8 Å². The highest BCUT2D eigenvalue weighted by molar-refractivity contribution is 5.79. The molecule has 42 heavy (non-hydrogen) atoms. The molecule has 234 valence electrons. The Balaban J connectivity index is 1.88. The smallest absolute Gasteiger partial charge is 0.302 e. The normalized spacial score (nSPS) is 22.4. The van der Waals surface area contributed by atoms with Crippen LogP contribution in [0.4, 0.5) is 0 Å². The molecule has 1 heterocycles. The van der Waals surface area contributed by atoms with Crippen molar-refractivity contribution in [3.05, 3.63) is 41.2 Å². The fourth-order valence-electron chi connectivity index (χ4n) is 6.38. The molecule has 5 unspecified atom stereocenters. The monoisotopic (exact) mass is 588 g/mol. The summed E-state index contributed by atoms with van der Waals surface area (Å²) in [5, 5.41) is 33.2. The fourth-order valence-corrected chi connectivity index (χ4v) is 6.38. The highest BCUT2D eigenvalue weighted by atomic mass is 16.6. The van der Waals surface area contributed by atoms with E-state index in [1.54, 1.807) is 12.1 Å². The van der Waals surface area contributed by atoms with Crippen LogP contribution in [0.5, 0.6) is 11.5 Å². The first-order valence-electron chi connectivity index (χ1n) is 15.0. The summed E-state index contributed by atoms with van der Waals surface area (Å²) >= 11 is 0. The van der Waals surface area contributed by atoms with Crippen molar-refractivity contribution < 1.29 is 39.1 Å². The average Bonchev–Trinajstić information content (AvgIpc) is 2.92. The van der Waals surface area contributed by atoms with Crippen molar-refractivity contribution in [2.75, 3.05) is 26.9 Å². The third kappa shape index (κ3) is 9.94. The maximum absolute atomic E-state index is 12.3. The second-order valence-electron chi connectivity index (χ2n) is 11.6. The highest BCUT2D eigenvalue weighted by Gasteiger charge is 2.34. The van der Waals surface area contributed by atoms with Crippen molar-refractivity contribution in [2.24, 2.45) is 23.5 Å². The van der Waals surface area contributed by atoms with E-state index in [1.807, 2.05) is 12.2 Å². The van der Waals surface area contributed by atoms with Crippen molar-refractivity contribution in [3.63, 3.8) is 0 Å². The van der Waals surface area contributed by atoms with Gasteiger partial charge in [-0.15, -0.1) is 0 Å². The Morgan fingerprint density at radius 2 is 1.81 bits per heavy atom. The van der Waals surface area contributed by atoms with Gasteiger partial charge in [-0.3, -0.25) is 9.59 Å². The Hall–Kier alpha value is -3.24. The van der Waals surface area contributed by atoms with Crippen LogP contribution in [-0.4, -0.2) is 66.3 Å². The topological polar surface area (TPSA) is 161 Å². The fraction of sp³-hybridized carbons (Fsp3) is 0.625. The Bertz CT molecular complexity index is 1120. The van der Waals surface area contributed by atoms with Gasteiger partial charge < -0.3 is 40.6 Å². The lowest BCUT2D eigenvalue weighted by Crippen LogP contribution is -2.36. The lowest BCUT2D eigenvalue weighted by molar-refractivity contribution is -0.156. The number of aliphatic hydroxyl groups excluding tert-OH is 2. The molecular formula is C32H48N2O8. The molecule has 1 aromatic rings. The molecule has 1 fully saturated rings. The van der Waals surface area contributed by atoms with E-state index in [-0.39, 0.29) is 36.7 Å². The zero-order valence-electron chi connectivity index (χ0n) is 25.1. The maximum Gasteiger partial charge on any atom is 0.302 e. The van der Waals surface area contributed by atoms with E-state index in [0.29, 0.717) is 50.2 Å². The van der Waals surface area contributed by atoms with Gasteiger partial charge in [0.1, 0.15) is 12.2 Å². The summed E-state index contributed by atoms with van der Waals surface area (Å²) in [6.07, 6.45) is 8.94. The predicted molar refractivity (Wildman–Crippen MR) is 159 cm³/mol. The predicted octanol–water partition coefficient (Wildman–Crippen LogP) is 3.56. The van der Waals surface area contributed by atoms with Crippen LogP contribution in [0.15, 0.2) is 30.1 Å². The van der Waals surface area contributed by atoms with Gasteiger partial charge in [0.05, 0.1) is 12.9 Å². The first kappa shape index (κ1) is 33.3. The minimum Gasteiger partial charge on any atom is -0.504 e. The number of nitrogens with one attached hydrogen (secondary N) is 1. The number of carbonyl (C=O) groups excluding carboxylic acids is 2. The summed E-state index contributed by atoms with van der Waals surface area (Å²) in [6.45, 7) is 3.47. The first-order chi connectivity index (χ1) is 20.1. The summed E-state index contributed by atoms with van der Waals surface area (Å²) in [5.41, 5.74) is 8.56. The number of aryl methyl sites for hydroxylation is 1. The minimum absolute atomic E-state index is 0.00858. The van der Waals surface area contributed by atoms with E-state index in [9.17, 15) is 24.9 Å². The number of aliphatic hydroxyl groups is 2. The van der Waals surface area contributed by atoms with Crippen molar-refractivity contribution in [2.45, 2.75) is 83.8 Å². The molecule has 0 bridgehead atoms. The van der Waals surface area contributed by atoms with E-state index >= 15 is 0 Å². The molecule has 0 amide bonds. The average molecular weight is 589 g/mol. The molecule has 1 aliphatic heterocycles. The van der Waals surface area contributed by atoms with Gasteiger partial charge in [-0.25, -0.2) is 0 Å². The number of esters is 2. The number of methoxy groups -OCH3 is 1. The molecular weight excluding hydrogens is 540 g/mol. The Labute approximate surface area is 248 Å². The molecule has 1 saturated carbocycles. The number of hydrogen-bond acceptors (Lipinski definition) is 10. The first-order valence-corrected chi connectivity index (χ1v) is 15.0. The quantitative estimate of drug-likeness (QED) is 0.216. The number of nitrogens with two attached hydrogens (primary N) is 1. The van der Waals surface area contributed by atoms with Crippen LogP contribution in [0.1, 0.15) is 76.3 Å². The molecule has 0 spiro atoms. The molecule has 1 aromatic carbocycles. The molecule has 2 aliphatic rings. The molecule has 0 radical (unpaired) electrons. The lowest BCUT2D eigenvalue weighted by atomic mass is 9.75. The van der Waals surface area contributed by atoms with Crippen molar-refractivity contribution in [1.82, 2.24) is 5.32 Å². The van der Waals surface area contributed by atoms with E-state index in [1.165, 1.54) is 21.0 Å². The van der Waals surface area contributed by atoms with E-state index in [2.05, 4.69) is 5.32 Å². The number of carbonyl (C=O) groups is 2. The molecule has 1 aliphatic carbocycles. The summed E-state index contributed by atoms with van der Waals surface area (Å²) in [4.78, 5) is 24.5. The second kappa shape index (κ2) is 16.4. The third-order valence-electron chi connectivity index (χ3n) is 8.35. The molecule has 0 saturated heterocycles. The lowest BCUT2D eigenvalue weighted by Gasteiger charge is -2.35. The van der Waals surface area contributed by atoms with Gasteiger partial charge in [0.2, 0.25) is 0 Å². The summed E-state index contributed by atoms with van der Waals surface area (Å²) < 4.78 is 17.0. The van der Waals surface area contributed by atoms with Gasteiger partial charge >= 0.3 is 11.9 Å². The second-order valence-corrected chi connectivity index (χ2v) is 11.6. The van der Waals surface area contributed by atoms with Crippen molar-refractivity contribution in [1.29, 1.82) is 0 Å². The molecule has 3 rings (SSSR count). The summed E-state index contributed by atoms with van der Waals surface area (Å²) in [5.74, 6) is 0.378. The maximum atomic E-state index is 12.3. The summed E-state index contributed by atoms with van der Waals surface area (Å²) in [7, 11) is 1.49. The van der Waals surface area contributed by atoms with Gasteiger partial charge in [-0.05, 0) is 91.2 Å². The van der Waals surface area contributed by atoms with Crippen molar-refractivity contribution >= 4 is 17.5 Å². The number of dihydropyridines is 1. The third-order valence-corrected chi connectivity index (χ3v) is 8.35. The van der Waals surface area contributed by atoms with Gasteiger partial charge in [0.15, 0.2) is 11.5 Å². The van der Waals surface area contributed by atoms with Crippen LogP contribution in [0.25, 0.3) is 5.57 Å². The van der Waals surface area contributed by atoms with E-state index in [4.69, 9.17) is 19.9 Å². The Morgan fingerprint density at radius 3 is 2.45 bits per heavy atom. The molecule has 0 aromatic heterocycles. The number of allylic oxidation sites excluding steroid dienone is 2. The minimum atomic E-state index is -0.545. The molecule has 6 N–H and O–H groups in total. The number of ether oxygens (including phenoxy) is 3. The Morgan fingerprint density at radius 1 is 1.10 bits per heavy atom. The molecule has 5 atom stereocenters. The Kier molecular flexibility index (Phi) is 13.0. The van der Waals surface area contributed by atoms with Crippen LogP contribution in [0.2, 0.25) is 0 Å². The largest absolute Gasteiger partial charge is 0.504 e. The molecule has 10 nitrogen and oxygen atoms in total.